The molecule has 0 aromatic heterocycles. The van der Waals surface area contributed by atoms with Gasteiger partial charge in [0.25, 0.3) is 0 Å². The molecule has 24 heavy (non-hydrogen) atoms. The zero-order valence-electron chi connectivity index (χ0n) is 13.5. The largest absolute Gasteiger partial charge is 0.466 e. The number of allylic oxidation sites excluding steroid dienone is 1. The molecule has 1 heterocycles. The summed E-state index contributed by atoms with van der Waals surface area (Å²) in [5, 5.41) is 3.83. The predicted molar refractivity (Wildman–Crippen MR) is 98.6 cm³/mol. The van der Waals surface area contributed by atoms with Crippen LogP contribution in [0, 0.1) is 0 Å². The molecule has 1 aliphatic heterocycles. The van der Waals surface area contributed by atoms with Crippen LogP contribution in [0.4, 0.5) is 5.69 Å². The molecule has 2 aromatic rings. The number of hydrogen-bond donors (Lipinski definition) is 1. The van der Waals surface area contributed by atoms with Gasteiger partial charge in [0.15, 0.2) is 5.11 Å². The minimum Gasteiger partial charge on any atom is -0.466 e. The first-order valence-electron chi connectivity index (χ1n) is 7.63. The van der Waals surface area contributed by atoms with Gasteiger partial charge in [0, 0.05) is 11.4 Å². The number of ether oxygens (including phenoxy) is 1. The Kier molecular flexibility index (Phi) is 4.62. The zero-order chi connectivity index (χ0) is 17.1. The lowest BCUT2D eigenvalue weighted by Crippen LogP contribution is -2.48. The maximum absolute atomic E-state index is 12.5. The van der Waals surface area contributed by atoms with Gasteiger partial charge in [-0.2, -0.15) is 0 Å². The van der Waals surface area contributed by atoms with Gasteiger partial charge in [-0.25, -0.2) is 4.79 Å². The summed E-state index contributed by atoms with van der Waals surface area (Å²) in [7, 11) is 1.39. The SMILES string of the molecule is COC(=O)C1=C(C)N(c2ccccc2)C(=S)N[C@@H]1c1ccccc1. The summed E-state index contributed by atoms with van der Waals surface area (Å²) in [5.41, 5.74) is 3.19. The van der Waals surface area contributed by atoms with Crippen LogP contribution in [0.3, 0.4) is 0 Å². The molecule has 3 rings (SSSR count). The number of methoxy groups -OCH3 is 1. The van der Waals surface area contributed by atoms with Gasteiger partial charge in [-0.05, 0) is 36.8 Å². The van der Waals surface area contributed by atoms with Crippen molar-refractivity contribution in [2.45, 2.75) is 13.0 Å². The monoisotopic (exact) mass is 338 g/mol. The van der Waals surface area contributed by atoms with Crippen molar-refractivity contribution in [2.75, 3.05) is 12.0 Å². The van der Waals surface area contributed by atoms with E-state index in [0.29, 0.717) is 10.7 Å². The average Bonchev–Trinajstić information content (AvgIpc) is 2.62. The van der Waals surface area contributed by atoms with Crippen molar-refractivity contribution in [3.05, 3.63) is 77.5 Å². The van der Waals surface area contributed by atoms with Crippen molar-refractivity contribution in [2.24, 2.45) is 0 Å². The molecule has 0 bridgehead atoms. The summed E-state index contributed by atoms with van der Waals surface area (Å²) < 4.78 is 5.02. The number of carbonyl (C=O) groups excluding carboxylic acids is 1. The van der Waals surface area contributed by atoms with Crippen molar-refractivity contribution in [1.82, 2.24) is 5.32 Å². The van der Waals surface area contributed by atoms with Gasteiger partial charge in [0.1, 0.15) is 0 Å². The van der Waals surface area contributed by atoms with E-state index in [1.165, 1.54) is 7.11 Å². The second-order valence-corrected chi connectivity index (χ2v) is 5.84. The van der Waals surface area contributed by atoms with Crippen molar-refractivity contribution in [1.29, 1.82) is 0 Å². The second kappa shape index (κ2) is 6.84. The average molecular weight is 338 g/mol. The van der Waals surface area contributed by atoms with Gasteiger partial charge in [-0.15, -0.1) is 0 Å². The maximum Gasteiger partial charge on any atom is 0.337 e. The number of esters is 1. The molecule has 0 fully saturated rings. The normalized spacial score (nSPS) is 17.5. The number of thiocarbonyl (C=S) groups is 1. The van der Waals surface area contributed by atoms with Crippen LogP contribution in [0.5, 0.6) is 0 Å². The summed E-state index contributed by atoms with van der Waals surface area (Å²) in [6.07, 6.45) is 0. The van der Waals surface area contributed by atoms with Crippen molar-refractivity contribution in [3.63, 3.8) is 0 Å². The molecule has 0 saturated heterocycles. The van der Waals surface area contributed by atoms with E-state index in [1.54, 1.807) is 0 Å². The van der Waals surface area contributed by atoms with E-state index in [0.717, 1.165) is 16.9 Å². The summed E-state index contributed by atoms with van der Waals surface area (Å²) in [6, 6.07) is 19.1. The number of benzene rings is 2. The van der Waals surface area contributed by atoms with E-state index in [1.807, 2.05) is 72.5 Å². The highest BCUT2D eigenvalue weighted by Gasteiger charge is 2.34. The van der Waals surface area contributed by atoms with Gasteiger partial charge in [0.2, 0.25) is 0 Å². The second-order valence-electron chi connectivity index (χ2n) is 5.45. The lowest BCUT2D eigenvalue weighted by Gasteiger charge is -2.37. The van der Waals surface area contributed by atoms with Crippen molar-refractivity contribution >= 4 is 29.0 Å². The smallest absolute Gasteiger partial charge is 0.337 e. The molecular formula is C19H18N2O2S. The van der Waals surface area contributed by atoms with Gasteiger partial charge < -0.3 is 10.1 Å². The van der Waals surface area contributed by atoms with E-state index >= 15 is 0 Å². The van der Waals surface area contributed by atoms with Gasteiger partial charge in [-0.1, -0.05) is 48.5 Å². The van der Waals surface area contributed by atoms with E-state index in [2.05, 4.69) is 5.32 Å². The number of nitrogens with zero attached hydrogens (tertiary/aromatic N) is 1. The topological polar surface area (TPSA) is 41.6 Å². The number of hydrogen-bond acceptors (Lipinski definition) is 3. The number of rotatable bonds is 3. The first-order chi connectivity index (χ1) is 11.6. The van der Waals surface area contributed by atoms with E-state index in [4.69, 9.17) is 17.0 Å². The molecule has 2 aromatic carbocycles. The van der Waals surface area contributed by atoms with E-state index in [9.17, 15) is 4.79 Å². The summed E-state index contributed by atoms with van der Waals surface area (Å²) in [5.74, 6) is -0.364. The Morgan fingerprint density at radius 3 is 2.25 bits per heavy atom. The highest BCUT2D eigenvalue weighted by atomic mass is 32.1. The lowest BCUT2D eigenvalue weighted by molar-refractivity contribution is -0.136. The van der Waals surface area contributed by atoms with E-state index < -0.39 is 0 Å². The molecule has 0 radical (unpaired) electrons. The van der Waals surface area contributed by atoms with E-state index in [-0.39, 0.29) is 12.0 Å². The van der Waals surface area contributed by atoms with Crippen LogP contribution in [0.25, 0.3) is 0 Å². The number of carbonyl (C=O) groups is 1. The first kappa shape index (κ1) is 16.2. The molecule has 0 unspecified atom stereocenters. The fraction of sp³-hybridized carbons (Fsp3) is 0.158. The Hall–Kier alpha value is -2.66. The van der Waals surface area contributed by atoms with Crippen LogP contribution in [0.2, 0.25) is 0 Å². The Balaban J connectivity index is 2.13. The Bertz CT molecular complexity index is 788. The number of anilines is 1. The molecule has 1 atom stereocenters. The number of nitrogens with one attached hydrogen (secondary N) is 1. The fourth-order valence-corrected chi connectivity index (χ4v) is 3.26. The molecule has 1 aliphatic rings. The van der Waals surface area contributed by atoms with Crippen LogP contribution >= 0.6 is 12.2 Å². The molecule has 0 spiro atoms. The quantitative estimate of drug-likeness (QED) is 0.684. The zero-order valence-corrected chi connectivity index (χ0v) is 14.3. The number of para-hydroxylation sites is 1. The molecule has 1 N–H and O–H groups in total. The lowest BCUT2D eigenvalue weighted by atomic mass is 9.95. The van der Waals surface area contributed by atoms with Crippen molar-refractivity contribution in [3.8, 4) is 0 Å². The standard InChI is InChI=1S/C19H18N2O2S/c1-13-16(18(22)23-2)17(14-9-5-3-6-10-14)20-19(24)21(13)15-11-7-4-8-12-15/h3-12,17H,1-2H3,(H,20,24)/t17-/m1/s1. The van der Waals surface area contributed by atoms with Gasteiger partial charge in [-0.3, -0.25) is 4.90 Å². The summed E-state index contributed by atoms with van der Waals surface area (Å²) in [4.78, 5) is 14.3. The third kappa shape index (κ3) is 2.90. The van der Waals surface area contributed by atoms with Crippen LogP contribution in [0.1, 0.15) is 18.5 Å². The predicted octanol–water partition coefficient (Wildman–Crippen LogP) is 3.57. The Morgan fingerprint density at radius 2 is 1.67 bits per heavy atom. The van der Waals surface area contributed by atoms with Crippen LogP contribution in [0.15, 0.2) is 71.9 Å². The third-order valence-corrected chi connectivity index (χ3v) is 4.34. The minimum absolute atomic E-state index is 0.328. The van der Waals surface area contributed by atoms with Crippen LogP contribution < -0.4 is 10.2 Å². The maximum atomic E-state index is 12.5. The van der Waals surface area contributed by atoms with Gasteiger partial charge >= 0.3 is 5.97 Å². The Morgan fingerprint density at radius 1 is 1.08 bits per heavy atom. The molecular weight excluding hydrogens is 320 g/mol. The van der Waals surface area contributed by atoms with Crippen LogP contribution in [-0.4, -0.2) is 18.2 Å². The Labute approximate surface area is 146 Å². The van der Waals surface area contributed by atoms with Crippen molar-refractivity contribution < 1.29 is 9.53 Å². The summed E-state index contributed by atoms with van der Waals surface area (Å²) in [6.45, 7) is 1.89. The minimum atomic E-state index is -0.364. The molecule has 122 valence electrons. The molecule has 0 saturated carbocycles. The first-order valence-corrected chi connectivity index (χ1v) is 8.04. The summed E-state index contributed by atoms with van der Waals surface area (Å²) >= 11 is 5.57. The molecule has 4 nitrogen and oxygen atoms in total. The molecule has 0 amide bonds. The fourth-order valence-electron chi connectivity index (χ4n) is 2.90. The van der Waals surface area contributed by atoms with Gasteiger partial charge in [0.05, 0.1) is 18.7 Å². The highest BCUT2D eigenvalue weighted by Crippen LogP contribution is 2.33. The molecule has 0 aliphatic carbocycles. The highest BCUT2D eigenvalue weighted by molar-refractivity contribution is 7.80. The third-order valence-electron chi connectivity index (χ3n) is 4.04. The molecule has 5 heteroatoms. The van der Waals surface area contributed by atoms with Crippen LogP contribution in [-0.2, 0) is 9.53 Å².